The van der Waals surface area contributed by atoms with Crippen LogP contribution in [0.5, 0.6) is 0 Å². The lowest BCUT2D eigenvalue weighted by Crippen LogP contribution is -2.39. The molecule has 22 heavy (non-hydrogen) atoms. The molecule has 0 bridgehead atoms. The molecule has 0 aliphatic carbocycles. The highest BCUT2D eigenvalue weighted by atomic mass is 32.1. The molecule has 0 spiro atoms. The van der Waals surface area contributed by atoms with Crippen molar-refractivity contribution in [1.29, 1.82) is 0 Å². The van der Waals surface area contributed by atoms with Crippen LogP contribution in [0.25, 0.3) is 0 Å². The van der Waals surface area contributed by atoms with Crippen molar-refractivity contribution in [3.8, 4) is 0 Å². The van der Waals surface area contributed by atoms with Crippen LogP contribution in [0, 0.1) is 10.9 Å². The van der Waals surface area contributed by atoms with E-state index in [0.717, 1.165) is 34.2 Å². The van der Waals surface area contributed by atoms with Gasteiger partial charge in [0.25, 0.3) is 0 Å². The zero-order valence-corrected chi connectivity index (χ0v) is 14.2. The molecule has 1 fully saturated rings. The molecule has 118 valence electrons. The van der Waals surface area contributed by atoms with Gasteiger partial charge in [-0.15, -0.1) is 5.10 Å². The van der Waals surface area contributed by atoms with Gasteiger partial charge in [0, 0.05) is 18.8 Å². The summed E-state index contributed by atoms with van der Waals surface area (Å²) < 4.78 is 2.58. The van der Waals surface area contributed by atoms with Crippen molar-refractivity contribution in [1.82, 2.24) is 14.7 Å². The Morgan fingerprint density at radius 3 is 3.05 bits per heavy atom. The normalized spacial score (nSPS) is 19.3. The van der Waals surface area contributed by atoms with Crippen LogP contribution >= 0.6 is 23.6 Å². The summed E-state index contributed by atoms with van der Waals surface area (Å²) in [7, 11) is 0. The van der Waals surface area contributed by atoms with Crippen molar-refractivity contribution < 1.29 is 5.11 Å². The molecule has 1 saturated heterocycles. The van der Waals surface area contributed by atoms with E-state index in [1.807, 2.05) is 22.9 Å². The second kappa shape index (κ2) is 6.87. The highest BCUT2D eigenvalue weighted by Gasteiger charge is 2.18. The van der Waals surface area contributed by atoms with Crippen LogP contribution < -0.4 is 5.32 Å². The maximum atomic E-state index is 9.75. The van der Waals surface area contributed by atoms with E-state index in [1.54, 1.807) is 0 Å². The van der Waals surface area contributed by atoms with Gasteiger partial charge in [-0.3, -0.25) is 4.90 Å². The Hall–Kier alpha value is -1.28. The fraction of sp³-hybridized carbons (Fsp3) is 0.467. The largest absolute Gasteiger partial charge is 0.392 e. The van der Waals surface area contributed by atoms with Crippen LogP contribution in [0.15, 0.2) is 24.3 Å². The van der Waals surface area contributed by atoms with Crippen LogP contribution in [-0.2, 0) is 6.67 Å². The van der Waals surface area contributed by atoms with E-state index in [-0.39, 0.29) is 6.10 Å². The molecule has 2 heterocycles. The van der Waals surface area contributed by atoms with Gasteiger partial charge in [-0.2, -0.15) is 0 Å². The summed E-state index contributed by atoms with van der Waals surface area (Å²) in [4.78, 5) is 2.20. The minimum atomic E-state index is -0.230. The van der Waals surface area contributed by atoms with Crippen molar-refractivity contribution in [2.45, 2.75) is 32.5 Å². The first-order valence-electron chi connectivity index (χ1n) is 7.43. The molecule has 0 radical (unpaired) electrons. The number of hydrogen-bond acceptors (Lipinski definition) is 6. The van der Waals surface area contributed by atoms with E-state index >= 15 is 0 Å². The Morgan fingerprint density at radius 2 is 2.27 bits per heavy atom. The number of nitrogens with zero attached hydrogens (tertiary/aromatic N) is 3. The van der Waals surface area contributed by atoms with Gasteiger partial charge in [0.2, 0.25) is 5.13 Å². The van der Waals surface area contributed by atoms with Crippen molar-refractivity contribution >= 4 is 34.4 Å². The average Bonchev–Trinajstić information content (AvgIpc) is 2.81. The number of likely N-dealkylation sites (tertiary alicyclic amines) is 1. The predicted molar refractivity (Wildman–Crippen MR) is 92.2 cm³/mol. The zero-order chi connectivity index (χ0) is 15.5. The second-order valence-electron chi connectivity index (χ2n) is 5.63. The third kappa shape index (κ3) is 3.73. The number of benzene rings is 1. The first-order valence-corrected chi connectivity index (χ1v) is 8.65. The van der Waals surface area contributed by atoms with E-state index in [9.17, 15) is 5.11 Å². The van der Waals surface area contributed by atoms with Crippen molar-refractivity contribution in [2.75, 3.05) is 18.4 Å². The summed E-state index contributed by atoms with van der Waals surface area (Å²) in [5.74, 6) is 0. The van der Waals surface area contributed by atoms with Crippen molar-refractivity contribution in [2.24, 2.45) is 0 Å². The fourth-order valence-electron chi connectivity index (χ4n) is 2.62. The number of hydrogen-bond donors (Lipinski definition) is 2. The molecule has 1 aliphatic rings. The number of piperidine rings is 1. The van der Waals surface area contributed by atoms with E-state index < -0.39 is 0 Å². The molecule has 0 amide bonds. The Morgan fingerprint density at radius 1 is 1.45 bits per heavy atom. The number of aliphatic hydroxyl groups excluding tert-OH is 1. The van der Waals surface area contributed by atoms with Gasteiger partial charge in [0.05, 0.1) is 12.8 Å². The number of β-amino-alcohol motifs (C(OH)–C–C–N with tert-alkyl or cyclic N) is 1. The number of anilines is 2. The van der Waals surface area contributed by atoms with Gasteiger partial charge in [-0.1, -0.05) is 29.5 Å². The summed E-state index contributed by atoms with van der Waals surface area (Å²) in [5, 5.41) is 18.4. The molecule has 1 aliphatic heterocycles. The smallest absolute Gasteiger partial charge is 0.209 e. The Bertz CT molecular complexity index is 697. The molecule has 2 N–H and O–H groups in total. The first kappa shape index (κ1) is 15.6. The Balaban J connectivity index is 1.71. The summed E-state index contributed by atoms with van der Waals surface area (Å²) >= 11 is 6.88. The molecule has 0 unspecified atom stereocenters. The van der Waals surface area contributed by atoms with Crippen LogP contribution in [-0.4, -0.2) is 39.0 Å². The Kier molecular flexibility index (Phi) is 4.87. The van der Waals surface area contributed by atoms with E-state index in [4.69, 9.17) is 12.2 Å². The minimum Gasteiger partial charge on any atom is -0.392 e. The number of nitrogens with one attached hydrogen (secondary N) is 1. The standard InChI is InChI=1S/C15H20N4OS2/c1-11-5-2-3-7-13(11)16-14-17-19(15(21)22-14)10-18-8-4-6-12(20)9-18/h2-3,5,7,12,20H,4,6,8-10H2,1H3,(H,16,17)/t12-/m0/s1. The third-order valence-electron chi connectivity index (χ3n) is 3.81. The van der Waals surface area contributed by atoms with Crippen LogP contribution in [0.1, 0.15) is 18.4 Å². The third-order valence-corrected chi connectivity index (χ3v) is 5.03. The molecule has 1 atom stereocenters. The highest BCUT2D eigenvalue weighted by molar-refractivity contribution is 7.73. The topological polar surface area (TPSA) is 53.3 Å². The lowest BCUT2D eigenvalue weighted by molar-refractivity contribution is 0.0516. The van der Waals surface area contributed by atoms with Gasteiger partial charge in [0.1, 0.15) is 0 Å². The molecule has 2 aromatic rings. The minimum absolute atomic E-state index is 0.230. The number of aromatic nitrogens is 2. The first-order chi connectivity index (χ1) is 10.6. The maximum absolute atomic E-state index is 9.75. The van der Waals surface area contributed by atoms with Gasteiger partial charge in [0.15, 0.2) is 3.95 Å². The SMILES string of the molecule is Cc1ccccc1Nc1nn(CN2CCC[C@H](O)C2)c(=S)s1. The zero-order valence-electron chi connectivity index (χ0n) is 12.5. The molecule has 0 saturated carbocycles. The molecule has 7 heteroatoms. The summed E-state index contributed by atoms with van der Waals surface area (Å²) in [6, 6.07) is 8.11. The van der Waals surface area contributed by atoms with Crippen LogP contribution in [0.4, 0.5) is 10.8 Å². The van der Waals surface area contributed by atoms with Crippen LogP contribution in [0.3, 0.4) is 0 Å². The number of aryl methyl sites for hydroxylation is 1. The van der Waals surface area contributed by atoms with Gasteiger partial charge in [-0.05, 0) is 43.6 Å². The van der Waals surface area contributed by atoms with Crippen molar-refractivity contribution in [3.05, 3.63) is 33.8 Å². The van der Waals surface area contributed by atoms with E-state index in [2.05, 4.69) is 28.3 Å². The fourth-order valence-corrected chi connectivity index (χ4v) is 3.63. The molecular weight excluding hydrogens is 316 g/mol. The van der Waals surface area contributed by atoms with Crippen LogP contribution in [0.2, 0.25) is 0 Å². The van der Waals surface area contributed by atoms with Gasteiger partial charge < -0.3 is 10.4 Å². The van der Waals surface area contributed by atoms with E-state index in [0.29, 0.717) is 13.2 Å². The molecule has 5 nitrogen and oxygen atoms in total. The number of para-hydroxylation sites is 1. The summed E-state index contributed by atoms with van der Waals surface area (Å²) in [6.45, 7) is 4.38. The van der Waals surface area contributed by atoms with Gasteiger partial charge in [-0.25, -0.2) is 4.68 Å². The maximum Gasteiger partial charge on any atom is 0.209 e. The lowest BCUT2D eigenvalue weighted by atomic mass is 10.1. The summed E-state index contributed by atoms with van der Waals surface area (Å²) in [6.07, 6.45) is 1.68. The molecule has 1 aromatic heterocycles. The second-order valence-corrected chi connectivity index (χ2v) is 7.25. The predicted octanol–water partition coefficient (Wildman–Crippen LogP) is 3.14. The summed E-state index contributed by atoms with van der Waals surface area (Å²) in [5.41, 5.74) is 2.22. The average molecular weight is 336 g/mol. The Labute approximate surface area is 139 Å². The quantitative estimate of drug-likeness (QED) is 0.840. The van der Waals surface area contributed by atoms with Gasteiger partial charge >= 0.3 is 0 Å². The monoisotopic (exact) mass is 336 g/mol. The molecule has 3 rings (SSSR count). The van der Waals surface area contributed by atoms with E-state index in [1.165, 1.54) is 16.9 Å². The number of rotatable bonds is 4. The molecular formula is C15H20N4OS2. The molecule has 1 aromatic carbocycles. The number of aliphatic hydroxyl groups is 1. The lowest BCUT2D eigenvalue weighted by Gasteiger charge is -2.29. The highest BCUT2D eigenvalue weighted by Crippen LogP contribution is 2.23. The van der Waals surface area contributed by atoms with Crippen molar-refractivity contribution in [3.63, 3.8) is 0 Å².